The lowest BCUT2D eigenvalue weighted by Gasteiger charge is -2.13. The Balaban J connectivity index is 0.000000386. The van der Waals surface area contributed by atoms with Gasteiger partial charge in [-0.15, -0.1) is 0 Å². The van der Waals surface area contributed by atoms with E-state index in [1.807, 2.05) is 24.3 Å². The molecule has 0 radical (unpaired) electrons. The molecule has 0 N–H and O–H groups in total. The molecule has 0 aliphatic heterocycles. The summed E-state index contributed by atoms with van der Waals surface area (Å²) in [6, 6.07) is 19.1. The second-order valence-corrected chi connectivity index (χ2v) is 10.3. The molecule has 4 aromatic carbocycles. The Morgan fingerprint density at radius 3 is 1.65 bits per heavy atom. The first-order valence-corrected chi connectivity index (χ1v) is 14.8. The van der Waals surface area contributed by atoms with Gasteiger partial charge in [0.25, 0.3) is 0 Å². The van der Waals surface area contributed by atoms with Crippen molar-refractivity contribution >= 4 is 10.8 Å². The van der Waals surface area contributed by atoms with E-state index in [0.717, 1.165) is 59.5 Å². The number of benzene rings is 4. The minimum Gasteiger partial charge on any atom is -0.493 e. The maximum Gasteiger partial charge on any atom is 0.194 e. The van der Waals surface area contributed by atoms with Gasteiger partial charge < -0.3 is 9.47 Å². The second kappa shape index (κ2) is 18.0. The van der Waals surface area contributed by atoms with E-state index >= 15 is 0 Å². The summed E-state index contributed by atoms with van der Waals surface area (Å²) in [5.41, 5.74) is 2.90. The molecule has 0 heterocycles. The van der Waals surface area contributed by atoms with Crippen LogP contribution in [0.4, 0.5) is 22.1 Å². The van der Waals surface area contributed by atoms with Crippen LogP contribution in [-0.2, 0) is 6.67 Å². The third kappa shape index (κ3) is 10.8. The van der Waals surface area contributed by atoms with Crippen LogP contribution in [0.25, 0.3) is 21.9 Å². The molecule has 3 nitrogen and oxygen atoms in total. The van der Waals surface area contributed by atoms with Gasteiger partial charge >= 0.3 is 0 Å². The maximum atomic E-state index is 13.0. The lowest BCUT2D eigenvalue weighted by molar-refractivity contribution is -0.00711. The van der Waals surface area contributed by atoms with Crippen molar-refractivity contribution in [2.75, 3.05) is 13.2 Å². The molecule has 0 unspecified atom stereocenters. The standard InChI is InChI=1S/C29H37FO2.C6H2F4O/c1-3-5-7-9-15-31-28-19-27(20-29(21-28)32-16-10-8-6-4-2)26-14-13-24-17-23(22-30)11-12-25(24)18-26;7-4-1-3(11-10)2-5(8)6(4)9/h11-14,17-21H,3-10,15-16,22H2,1-2H3;1-2H. The van der Waals surface area contributed by atoms with Gasteiger partial charge in [0.2, 0.25) is 0 Å². The predicted molar refractivity (Wildman–Crippen MR) is 162 cm³/mol. The fraction of sp³-hybridized carbons (Fsp3) is 0.371. The van der Waals surface area contributed by atoms with Crippen molar-refractivity contribution in [2.45, 2.75) is 71.9 Å². The summed E-state index contributed by atoms with van der Waals surface area (Å²) in [4.78, 5) is 2.98. The highest BCUT2D eigenvalue weighted by Gasteiger charge is 2.11. The zero-order valence-corrected chi connectivity index (χ0v) is 24.7. The van der Waals surface area contributed by atoms with Crippen LogP contribution in [0.5, 0.6) is 17.2 Å². The normalized spacial score (nSPS) is 10.8. The largest absolute Gasteiger partial charge is 0.493 e. The summed E-state index contributed by atoms with van der Waals surface area (Å²) in [5.74, 6) is -3.62. The van der Waals surface area contributed by atoms with Crippen molar-refractivity contribution in [1.29, 1.82) is 0 Å². The first-order valence-electron chi connectivity index (χ1n) is 14.8. The van der Waals surface area contributed by atoms with E-state index < -0.39 is 29.9 Å². The zero-order valence-electron chi connectivity index (χ0n) is 24.7. The molecule has 0 amide bonds. The molecule has 0 aromatic heterocycles. The van der Waals surface area contributed by atoms with Gasteiger partial charge in [-0.3, -0.25) is 4.94 Å². The Morgan fingerprint density at radius 2 is 1.12 bits per heavy atom. The molecule has 0 aliphatic rings. The Kier molecular flexibility index (Phi) is 14.1. The van der Waals surface area contributed by atoms with Gasteiger partial charge in [-0.05, 0) is 64.6 Å². The first kappa shape index (κ1) is 33.7. The Morgan fingerprint density at radius 1 is 0.558 bits per heavy atom. The monoisotopic (exact) mass is 602 g/mol. The number of alkyl halides is 1. The summed E-state index contributed by atoms with van der Waals surface area (Å²) >= 11 is 0. The first-order chi connectivity index (χ1) is 20.9. The van der Waals surface area contributed by atoms with Crippen molar-refractivity contribution < 1.29 is 36.5 Å². The van der Waals surface area contributed by atoms with E-state index in [0.29, 0.717) is 17.7 Å². The van der Waals surface area contributed by atoms with E-state index in [-0.39, 0.29) is 0 Å². The Hall–Kier alpha value is -3.81. The van der Waals surface area contributed by atoms with E-state index in [2.05, 4.69) is 49.1 Å². The zero-order chi connectivity index (χ0) is 31.0. The third-order valence-electron chi connectivity index (χ3n) is 6.85. The molecule has 0 spiro atoms. The van der Waals surface area contributed by atoms with Gasteiger partial charge in [-0.1, -0.05) is 76.6 Å². The molecule has 43 heavy (non-hydrogen) atoms. The van der Waals surface area contributed by atoms with E-state index in [4.69, 9.17) is 9.47 Å². The molecular weight excluding hydrogens is 563 g/mol. The number of rotatable bonds is 15. The number of halogens is 5. The molecule has 0 aliphatic carbocycles. The predicted octanol–water partition coefficient (Wildman–Crippen LogP) is 11.3. The van der Waals surface area contributed by atoms with Gasteiger partial charge in [0.15, 0.2) is 23.2 Å². The second-order valence-electron chi connectivity index (χ2n) is 10.3. The number of hydrogen-bond acceptors (Lipinski definition) is 3. The van der Waals surface area contributed by atoms with Crippen LogP contribution >= 0.6 is 0 Å². The number of hydrogen-bond donors (Lipinski definition) is 0. The Labute approximate surface area is 250 Å². The van der Waals surface area contributed by atoms with Crippen LogP contribution in [0.3, 0.4) is 0 Å². The lowest BCUT2D eigenvalue weighted by Crippen LogP contribution is -2.00. The van der Waals surface area contributed by atoms with Crippen LogP contribution in [0.2, 0.25) is 0 Å². The summed E-state index contributed by atoms with van der Waals surface area (Å²) in [7, 11) is 0. The van der Waals surface area contributed by atoms with Crippen molar-refractivity contribution in [3.05, 3.63) is 89.7 Å². The number of unbranched alkanes of at least 4 members (excludes halogenated alkanes) is 6. The summed E-state index contributed by atoms with van der Waals surface area (Å²) < 4.78 is 72.9. The van der Waals surface area contributed by atoms with Crippen molar-refractivity contribution in [1.82, 2.24) is 0 Å². The summed E-state index contributed by atoms with van der Waals surface area (Å²) in [6.07, 6.45) is 9.47. The highest BCUT2D eigenvalue weighted by Crippen LogP contribution is 2.32. The van der Waals surface area contributed by atoms with Crippen LogP contribution in [0, 0.1) is 17.5 Å². The molecule has 8 heteroatoms. The molecule has 4 aromatic rings. The molecule has 4 rings (SSSR count). The van der Waals surface area contributed by atoms with E-state index in [1.54, 1.807) is 0 Å². The average Bonchev–Trinajstić information content (AvgIpc) is 3.02. The number of fused-ring (bicyclic) bond motifs is 1. The van der Waals surface area contributed by atoms with Gasteiger partial charge in [0, 0.05) is 22.7 Å². The molecule has 0 bridgehead atoms. The maximum absolute atomic E-state index is 13.0. The van der Waals surface area contributed by atoms with Crippen LogP contribution in [-0.4, -0.2) is 13.2 Å². The summed E-state index contributed by atoms with van der Waals surface area (Å²) in [5, 5.41) is 2.16. The SMILES string of the molecule is CCCCCCOc1cc(OCCCCCC)cc(-c2ccc3cc(CF)ccc3c2)c1.FOc1cc(F)c(F)c(F)c1. The molecule has 0 saturated carbocycles. The molecule has 0 saturated heterocycles. The van der Waals surface area contributed by atoms with Crippen LogP contribution in [0.1, 0.15) is 70.8 Å². The smallest absolute Gasteiger partial charge is 0.194 e. The Bertz CT molecular complexity index is 1370. The third-order valence-corrected chi connectivity index (χ3v) is 6.85. The van der Waals surface area contributed by atoms with Gasteiger partial charge in [-0.2, -0.15) is 0 Å². The van der Waals surface area contributed by atoms with Crippen molar-refractivity contribution in [2.24, 2.45) is 0 Å². The van der Waals surface area contributed by atoms with E-state index in [1.165, 1.54) is 38.5 Å². The molecular formula is C35H39F5O3. The average molecular weight is 603 g/mol. The van der Waals surface area contributed by atoms with Gasteiger partial charge in [0.1, 0.15) is 18.2 Å². The van der Waals surface area contributed by atoms with Gasteiger partial charge in [-0.25, -0.2) is 17.6 Å². The topological polar surface area (TPSA) is 27.7 Å². The van der Waals surface area contributed by atoms with E-state index in [9.17, 15) is 22.1 Å². The van der Waals surface area contributed by atoms with Crippen molar-refractivity contribution in [3.8, 4) is 28.4 Å². The minimum atomic E-state index is -1.65. The van der Waals surface area contributed by atoms with Crippen molar-refractivity contribution in [3.63, 3.8) is 0 Å². The fourth-order valence-corrected chi connectivity index (χ4v) is 4.48. The molecule has 0 fully saturated rings. The van der Waals surface area contributed by atoms with Crippen LogP contribution < -0.4 is 14.4 Å². The van der Waals surface area contributed by atoms with Crippen LogP contribution in [0.15, 0.2) is 66.7 Å². The minimum absolute atomic E-state index is 0.401. The quantitative estimate of drug-likeness (QED) is 0.0770. The van der Waals surface area contributed by atoms with Gasteiger partial charge in [0.05, 0.1) is 13.2 Å². The highest BCUT2D eigenvalue weighted by molar-refractivity contribution is 5.88. The number of ether oxygens (including phenoxy) is 2. The molecule has 0 atom stereocenters. The lowest BCUT2D eigenvalue weighted by atomic mass is 9.99. The highest BCUT2D eigenvalue weighted by atomic mass is 19.3. The summed E-state index contributed by atoms with van der Waals surface area (Å²) in [6.45, 7) is 5.45. The molecule has 232 valence electrons. The fourth-order valence-electron chi connectivity index (χ4n) is 4.48.